The summed E-state index contributed by atoms with van der Waals surface area (Å²) in [4.78, 5) is 15.8. The molecule has 0 bridgehead atoms. The van der Waals surface area contributed by atoms with Crippen LogP contribution in [0.4, 0.5) is 8.78 Å². The Bertz CT molecular complexity index is 776. The number of guanidine groups is 1. The Kier molecular flexibility index (Phi) is 10.6. The van der Waals surface area contributed by atoms with Crippen LogP contribution in [0.5, 0.6) is 5.75 Å². The van der Waals surface area contributed by atoms with Gasteiger partial charge < -0.3 is 25.1 Å². The molecule has 11 heteroatoms. The van der Waals surface area contributed by atoms with Crippen LogP contribution in [-0.4, -0.2) is 32.1 Å². The molecule has 154 valence electrons. The molecule has 0 radical (unpaired) electrons. The lowest BCUT2D eigenvalue weighted by molar-refractivity contribution is -0.120. The first-order chi connectivity index (χ1) is 13.0. The summed E-state index contributed by atoms with van der Waals surface area (Å²) < 4.78 is 34.6. The number of ether oxygens (including phenoxy) is 1. The Hall–Kier alpha value is -2.08. The summed E-state index contributed by atoms with van der Waals surface area (Å²) >= 11 is 5.91. The second-order valence-corrected chi connectivity index (χ2v) is 5.70. The monoisotopic (exact) mass is 528 g/mol. The number of rotatable bonds is 8. The number of hydrogen-bond acceptors (Lipinski definition) is 4. The predicted octanol–water partition coefficient (Wildman–Crippen LogP) is 3.13. The smallest absolute Gasteiger partial charge is 0.387 e. The van der Waals surface area contributed by atoms with Gasteiger partial charge in [0, 0.05) is 24.2 Å². The van der Waals surface area contributed by atoms with Gasteiger partial charge in [0.25, 0.3) is 0 Å². The summed E-state index contributed by atoms with van der Waals surface area (Å²) in [5, 5.41) is 8.79. The molecule has 0 fully saturated rings. The van der Waals surface area contributed by atoms with Gasteiger partial charge >= 0.3 is 6.61 Å². The number of alkyl halides is 2. The number of nitrogens with one attached hydrogen (secondary N) is 3. The number of amides is 1. The second-order valence-electron chi connectivity index (χ2n) is 5.27. The highest BCUT2D eigenvalue weighted by Crippen LogP contribution is 2.24. The van der Waals surface area contributed by atoms with E-state index in [0.717, 1.165) is 0 Å². The normalized spacial score (nSPS) is 11.0. The molecule has 28 heavy (non-hydrogen) atoms. The number of hydrogen-bond donors (Lipinski definition) is 3. The van der Waals surface area contributed by atoms with E-state index in [-0.39, 0.29) is 55.3 Å². The molecule has 1 amide bonds. The second kappa shape index (κ2) is 12.4. The average molecular weight is 529 g/mol. The molecule has 0 unspecified atom stereocenters. The standard InChI is InChI=1S/C17H19ClF2N4O3.HI/c1-21-17(24-10-15(25)22-9-13-3-2-6-26-13)23-8-11-7-12(18)4-5-14(11)27-16(19)20;/h2-7,16H,8-10H2,1H3,(H,22,25)(H2,21,23,24);1H. The van der Waals surface area contributed by atoms with Crippen molar-refractivity contribution >= 4 is 47.4 Å². The zero-order chi connectivity index (χ0) is 19.6. The molecule has 0 aliphatic rings. The third-order valence-electron chi connectivity index (χ3n) is 3.36. The van der Waals surface area contributed by atoms with Gasteiger partial charge in [-0.1, -0.05) is 11.6 Å². The summed E-state index contributed by atoms with van der Waals surface area (Å²) in [7, 11) is 1.52. The minimum absolute atomic E-state index is 0. The van der Waals surface area contributed by atoms with Crippen molar-refractivity contribution in [2.75, 3.05) is 13.6 Å². The lowest BCUT2D eigenvalue weighted by atomic mass is 10.2. The number of carbonyl (C=O) groups is 1. The van der Waals surface area contributed by atoms with Gasteiger partial charge in [-0.25, -0.2) is 0 Å². The Balaban J connectivity index is 0.00000392. The van der Waals surface area contributed by atoms with Crippen LogP contribution in [0.25, 0.3) is 0 Å². The van der Waals surface area contributed by atoms with Crippen LogP contribution in [-0.2, 0) is 17.9 Å². The number of halogens is 4. The van der Waals surface area contributed by atoms with E-state index in [9.17, 15) is 13.6 Å². The Morgan fingerprint density at radius 3 is 2.68 bits per heavy atom. The molecule has 0 aliphatic carbocycles. The van der Waals surface area contributed by atoms with Gasteiger partial charge in [-0.2, -0.15) is 8.78 Å². The van der Waals surface area contributed by atoms with Gasteiger partial charge in [-0.05, 0) is 30.3 Å². The molecule has 0 spiro atoms. The maximum atomic E-state index is 12.5. The molecule has 3 N–H and O–H groups in total. The fraction of sp³-hybridized carbons (Fsp3) is 0.294. The zero-order valence-corrected chi connectivity index (χ0v) is 18.0. The third kappa shape index (κ3) is 8.30. The van der Waals surface area contributed by atoms with E-state index in [2.05, 4.69) is 25.7 Å². The van der Waals surface area contributed by atoms with E-state index < -0.39 is 6.61 Å². The molecule has 0 saturated carbocycles. The van der Waals surface area contributed by atoms with Crippen molar-refractivity contribution < 1.29 is 22.7 Å². The van der Waals surface area contributed by atoms with E-state index in [0.29, 0.717) is 22.3 Å². The van der Waals surface area contributed by atoms with E-state index in [1.54, 1.807) is 12.1 Å². The van der Waals surface area contributed by atoms with Gasteiger partial charge in [0.2, 0.25) is 5.91 Å². The Morgan fingerprint density at radius 1 is 1.25 bits per heavy atom. The summed E-state index contributed by atoms with van der Waals surface area (Å²) in [6, 6.07) is 7.81. The molecule has 1 heterocycles. The summed E-state index contributed by atoms with van der Waals surface area (Å²) in [5.41, 5.74) is 0.424. The molecule has 0 saturated heterocycles. The van der Waals surface area contributed by atoms with E-state index in [1.807, 2.05) is 0 Å². The van der Waals surface area contributed by atoms with Crippen LogP contribution < -0.4 is 20.7 Å². The quantitative estimate of drug-likeness (QED) is 0.278. The van der Waals surface area contributed by atoms with Crippen molar-refractivity contribution in [1.29, 1.82) is 0 Å². The van der Waals surface area contributed by atoms with Crippen molar-refractivity contribution in [3.05, 3.63) is 52.9 Å². The van der Waals surface area contributed by atoms with E-state index >= 15 is 0 Å². The van der Waals surface area contributed by atoms with Crippen molar-refractivity contribution in [2.45, 2.75) is 19.7 Å². The van der Waals surface area contributed by atoms with Gasteiger partial charge in [0.15, 0.2) is 5.96 Å². The maximum absolute atomic E-state index is 12.5. The number of aliphatic imine (C=N–C) groups is 1. The van der Waals surface area contributed by atoms with Crippen LogP contribution in [0.2, 0.25) is 5.02 Å². The summed E-state index contributed by atoms with van der Waals surface area (Å²) in [6.07, 6.45) is 1.52. The molecule has 0 aliphatic heterocycles. The largest absolute Gasteiger partial charge is 0.467 e. The lowest BCUT2D eigenvalue weighted by Crippen LogP contribution is -2.42. The first kappa shape index (κ1) is 24.0. The third-order valence-corrected chi connectivity index (χ3v) is 3.60. The average Bonchev–Trinajstić information content (AvgIpc) is 3.15. The van der Waals surface area contributed by atoms with Crippen LogP contribution in [0.1, 0.15) is 11.3 Å². The highest BCUT2D eigenvalue weighted by Gasteiger charge is 2.11. The van der Waals surface area contributed by atoms with Crippen molar-refractivity contribution in [3.8, 4) is 5.75 Å². The SMILES string of the molecule is CN=C(NCC(=O)NCc1ccco1)NCc1cc(Cl)ccc1OC(F)F.I. The van der Waals surface area contributed by atoms with Crippen LogP contribution >= 0.6 is 35.6 Å². The fourth-order valence-corrected chi connectivity index (χ4v) is 2.32. The molecule has 7 nitrogen and oxygen atoms in total. The van der Waals surface area contributed by atoms with E-state index in [4.69, 9.17) is 16.0 Å². The molecule has 1 aromatic heterocycles. The highest BCUT2D eigenvalue weighted by molar-refractivity contribution is 14.0. The molecule has 1 aromatic carbocycles. The van der Waals surface area contributed by atoms with Crippen molar-refractivity contribution in [1.82, 2.24) is 16.0 Å². The number of nitrogens with zero attached hydrogens (tertiary/aromatic N) is 1. The lowest BCUT2D eigenvalue weighted by Gasteiger charge is -2.14. The summed E-state index contributed by atoms with van der Waals surface area (Å²) in [6.45, 7) is -2.58. The van der Waals surface area contributed by atoms with E-state index in [1.165, 1.54) is 31.5 Å². The minimum atomic E-state index is -2.94. The van der Waals surface area contributed by atoms with Crippen LogP contribution in [0.3, 0.4) is 0 Å². The first-order valence-electron chi connectivity index (χ1n) is 7.94. The molecule has 2 aromatic rings. The number of carbonyl (C=O) groups excluding carboxylic acids is 1. The molecule has 0 atom stereocenters. The van der Waals surface area contributed by atoms with Crippen molar-refractivity contribution in [2.24, 2.45) is 4.99 Å². The topological polar surface area (TPSA) is 87.9 Å². The van der Waals surface area contributed by atoms with Gasteiger partial charge in [-0.15, -0.1) is 24.0 Å². The van der Waals surface area contributed by atoms with Crippen molar-refractivity contribution in [3.63, 3.8) is 0 Å². The van der Waals surface area contributed by atoms with Crippen LogP contribution in [0, 0.1) is 0 Å². The van der Waals surface area contributed by atoms with Gasteiger partial charge in [0.1, 0.15) is 11.5 Å². The predicted molar refractivity (Wildman–Crippen MR) is 112 cm³/mol. The Labute approximate surface area is 182 Å². The van der Waals surface area contributed by atoms with Gasteiger partial charge in [-0.3, -0.25) is 9.79 Å². The molecular formula is C17H20ClF2IN4O3. The number of furan rings is 1. The van der Waals surface area contributed by atoms with Gasteiger partial charge in [0.05, 0.1) is 19.4 Å². The Morgan fingerprint density at radius 2 is 2.04 bits per heavy atom. The maximum Gasteiger partial charge on any atom is 0.387 e. The minimum Gasteiger partial charge on any atom is -0.467 e. The molecule has 2 rings (SSSR count). The number of benzene rings is 1. The highest BCUT2D eigenvalue weighted by atomic mass is 127. The summed E-state index contributed by atoms with van der Waals surface area (Å²) in [5.74, 6) is 0.692. The first-order valence-corrected chi connectivity index (χ1v) is 8.32. The van der Waals surface area contributed by atoms with Crippen LogP contribution in [0.15, 0.2) is 46.0 Å². The fourth-order valence-electron chi connectivity index (χ4n) is 2.12. The molecular weight excluding hydrogens is 509 g/mol. The zero-order valence-electron chi connectivity index (χ0n) is 14.9.